The van der Waals surface area contributed by atoms with E-state index in [2.05, 4.69) is 15.2 Å². The Hall–Kier alpha value is -1.82. The second-order valence-corrected chi connectivity index (χ2v) is 5.37. The molecule has 1 aliphatic heterocycles. The van der Waals surface area contributed by atoms with Gasteiger partial charge in [0.05, 0.1) is 23.5 Å². The van der Waals surface area contributed by atoms with Crippen LogP contribution in [0.5, 0.6) is 0 Å². The highest BCUT2D eigenvalue weighted by Crippen LogP contribution is 2.25. The molecule has 1 aliphatic rings. The maximum Gasteiger partial charge on any atom is 0.404 e. The molecule has 0 spiro atoms. The summed E-state index contributed by atoms with van der Waals surface area (Å²) in [6.45, 7) is 4.84. The summed E-state index contributed by atoms with van der Waals surface area (Å²) in [6, 6.07) is 1.85. The standard InChI is InChI=1S/C13H19N3O3/c1-13(2,19)9-5-11(7-14-6-9)16-4-3-10(8-16)15-12(17)18/h5-7,10,15,19H,3-4,8H2,1-2H3,(H,17,18). The number of hydrogen-bond acceptors (Lipinski definition) is 4. The number of pyridine rings is 1. The van der Waals surface area contributed by atoms with Gasteiger partial charge in [-0.15, -0.1) is 0 Å². The Bertz CT molecular complexity index is 470. The Morgan fingerprint density at radius 3 is 2.89 bits per heavy atom. The van der Waals surface area contributed by atoms with Crippen LogP contribution in [0.3, 0.4) is 0 Å². The van der Waals surface area contributed by atoms with Crippen molar-refractivity contribution in [3.8, 4) is 0 Å². The summed E-state index contributed by atoms with van der Waals surface area (Å²) >= 11 is 0. The minimum absolute atomic E-state index is 0.0525. The molecule has 0 radical (unpaired) electrons. The highest BCUT2D eigenvalue weighted by atomic mass is 16.4. The van der Waals surface area contributed by atoms with Gasteiger partial charge < -0.3 is 20.4 Å². The monoisotopic (exact) mass is 265 g/mol. The van der Waals surface area contributed by atoms with Crippen LogP contribution in [0.25, 0.3) is 0 Å². The normalized spacial score (nSPS) is 19.5. The first kappa shape index (κ1) is 13.6. The summed E-state index contributed by atoms with van der Waals surface area (Å²) in [4.78, 5) is 16.8. The first-order chi connectivity index (χ1) is 8.86. The number of aromatic nitrogens is 1. The van der Waals surface area contributed by atoms with E-state index in [-0.39, 0.29) is 6.04 Å². The molecule has 1 saturated heterocycles. The fourth-order valence-corrected chi connectivity index (χ4v) is 2.22. The summed E-state index contributed by atoms with van der Waals surface area (Å²) in [5, 5.41) is 21.2. The van der Waals surface area contributed by atoms with E-state index in [1.165, 1.54) is 0 Å². The fourth-order valence-electron chi connectivity index (χ4n) is 2.22. The summed E-state index contributed by atoms with van der Waals surface area (Å²) in [5.41, 5.74) is 0.732. The smallest absolute Gasteiger partial charge is 0.404 e. The quantitative estimate of drug-likeness (QED) is 0.763. The summed E-state index contributed by atoms with van der Waals surface area (Å²) < 4.78 is 0. The van der Waals surface area contributed by atoms with E-state index >= 15 is 0 Å². The van der Waals surface area contributed by atoms with Crippen molar-refractivity contribution in [3.63, 3.8) is 0 Å². The molecule has 0 aromatic carbocycles. The van der Waals surface area contributed by atoms with Crippen LogP contribution < -0.4 is 10.2 Å². The zero-order chi connectivity index (χ0) is 14.0. The van der Waals surface area contributed by atoms with Crippen LogP contribution >= 0.6 is 0 Å². The summed E-state index contributed by atoms with van der Waals surface area (Å²) in [7, 11) is 0. The highest BCUT2D eigenvalue weighted by Gasteiger charge is 2.25. The van der Waals surface area contributed by atoms with Crippen molar-refractivity contribution in [1.29, 1.82) is 0 Å². The van der Waals surface area contributed by atoms with Crippen LogP contribution in [-0.2, 0) is 5.60 Å². The molecule has 1 amide bonds. The maximum absolute atomic E-state index is 10.6. The Balaban J connectivity index is 2.09. The van der Waals surface area contributed by atoms with Crippen molar-refractivity contribution in [2.75, 3.05) is 18.0 Å². The van der Waals surface area contributed by atoms with Crippen LogP contribution in [0.2, 0.25) is 0 Å². The maximum atomic E-state index is 10.6. The SMILES string of the molecule is CC(C)(O)c1cncc(N2CCC(NC(=O)O)C2)c1. The van der Waals surface area contributed by atoms with Crippen LogP contribution in [0, 0.1) is 0 Å². The molecule has 6 heteroatoms. The van der Waals surface area contributed by atoms with Gasteiger partial charge in [0.25, 0.3) is 0 Å². The first-order valence-corrected chi connectivity index (χ1v) is 6.28. The largest absolute Gasteiger partial charge is 0.465 e. The molecule has 0 aliphatic carbocycles. The van der Waals surface area contributed by atoms with Gasteiger partial charge in [-0.05, 0) is 26.3 Å². The number of carboxylic acid groups (broad SMARTS) is 1. The van der Waals surface area contributed by atoms with Crippen LogP contribution in [-0.4, -0.2) is 40.4 Å². The average molecular weight is 265 g/mol. The van der Waals surface area contributed by atoms with Crippen LogP contribution in [0.4, 0.5) is 10.5 Å². The Morgan fingerprint density at radius 1 is 1.53 bits per heavy atom. The van der Waals surface area contributed by atoms with Gasteiger partial charge in [-0.25, -0.2) is 4.79 Å². The fraction of sp³-hybridized carbons (Fsp3) is 0.538. The third-order valence-corrected chi connectivity index (χ3v) is 3.31. The van der Waals surface area contributed by atoms with E-state index < -0.39 is 11.7 Å². The Morgan fingerprint density at radius 2 is 2.26 bits per heavy atom. The lowest BCUT2D eigenvalue weighted by molar-refractivity contribution is 0.0782. The van der Waals surface area contributed by atoms with Gasteiger partial charge in [-0.2, -0.15) is 0 Å². The zero-order valence-corrected chi connectivity index (χ0v) is 11.1. The molecule has 3 N–H and O–H groups in total. The van der Waals surface area contributed by atoms with Gasteiger partial charge in [0, 0.05) is 24.8 Å². The second-order valence-electron chi connectivity index (χ2n) is 5.37. The topological polar surface area (TPSA) is 85.7 Å². The predicted molar refractivity (Wildman–Crippen MR) is 71.3 cm³/mol. The van der Waals surface area contributed by atoms with E-state index in [0.717, 1.165) is 24.2 Å². The molecule has 1 atom stereocenters. The van der Waals surface area contributed by atoms with E-state index in [1.54, 1.807) is 26.2 Å². The van der Waals surface area contributed by atoms with Crippen molar-refractivity contribution < 1.29 is 15.0 Å². The van der Waals surface area contributed by atoms with Gasteiger partial charge >= 0.3 is 6.09 Å². The van der Waals surface area contributed by atoms with E-state index in [0.29, 0.717) is 6.54 Å². The summed E-state index contributed by atoms with van der Waals surface area (Å²) in [6.07, 6.45) is 3.17. The van der Waals surface area contributed by atoms with Crippen molar-refractivity contribution in [3.05, 3.63) is 24.0 Å². The average Bonchev–Trinajstić information content (AvgIpc) is 2.76. The summed E-state index contributed by atoms with van der Waals surface area (Å²) in [5.74, 6) is 0. The zero-order valence-electron chi connectivity index (χ0n) is 11.1. The molecule has 104 valence electrons. The molecular formula is C13H19N3O3. The number of nitrogens with one attached hydrogen (secondary N) is 1. The molecule has 1 aromatic rings. The Labute approximate surface area is 112 Å². The molecule has 19 heavy (non-hydrogen) atoms. The first-order valence-electron chi connectivity index (χ1n) is 6.28. The molecule has 0 saturated carbocycles. The van der Waals surface area contributed by atoms with Gasteiger partial charge in [0.15, 0.2) is 0 Å². The van der Waals surface area contributed by atoms with Crippen molar-refractivity contribution >= 4 is 11.8 Å². The molecule has 2 rings (SSSR count). The molecule has 1 unspecified atom stereocenters. The van der Waals surface area contributed by atoms with Gasteiger partial charge in [0.1, 0.15) is 0 Å². The Kier molecular flexibility index (Phi) is 3.61. The number of hydrogen-bond donors (Lipinski definition) is 3. The minimum Gasteiger partial charge on any atom is -0.465 e. The number of anilines is 1. The number of nitrogens with zero attached hydrogens (tertiary/aromatic N) is 2. The molecular weight excluding hydrogens is 246 g/mol. The lowest BCUT2D eigenvalue weighted by Gasteiger charge is -2.22. The molecule has 0 bridgehead atoms. The third kappa shape index (κ3) is 3.35. The van der Waals surface area contributed by atoms with Crippen molar-refractivity contribution in [1.82, 2.24) is 10.3 Å². The van der Waals surface area contributed by atoms with Crippen molar-refractivity contribution in [2.45, 2.75) is 31.9 Å². The van der Waals surface area contributed by atoms with Crippen LogP contribution in [0.1, 0.15) is 25.8 Å². The van der Waals surface area contributed by atoms with E-state index in [4.69, 9.17) is 5.11 Å². The third-order valence-electron chi connectivity index (χ3n) is 3.31. The van der Waals surface area contributed by atoms with Crippen molar-refractivity contribution in [2.24, 2.45) is 0 Å². The van der Waals surface area contributed by atoms with Gasteiger partial charge in [0.2, 0.25) is 0 Å². The number of carbonyl (C=O) groups is 1. The van der Waals surface area contributed by atoms with E-state index in [9.17, 15) is 9.90 Å². The van der Waals surface area contributed by atoms with Gasteiger partial charge in [-0.3, -0.25) is 4.98 Å². The highest BCUT2D eigenvalue weighted by molar-refractivity contribution is 5.65. The van der Waals surface area contributed by atoms with E-state index in [1.807, 2.05) is 6.07 Å². The van der Waals surface area contributed by atoms with Crippen LogP contribution in [0.15, 0.2) is 18.5 Å². The molecule has 6 nitrogen and oxygen atoms in total. The number of amides is 1. The number of aliphatic hydroxyl groups is 1. The van der Waals surface area contributed by atoms with Gasteiger partial charge in [-0.1, -0.05) is 0 Å². The predicted octanol–water partition coefficient (Wildman–Crippen LogP) is 1.16. The number of rotatable bonds is 3. The lowest BCUT2D eigenvalue weighted by Crippen LogP contribution is -2.36. The minimum atomic E-state index is -0.991. The second kappa shape index (κ2) is 5.05. The molecule has 2 heterocycles. The molecule has 1 aromatic heterocycles. The molecule has 1 fully saturated rings. The lowest BCUT2D eigenvalue weighted by atomic mass is 10.0.